The van der Waals surface area contributed by atoms with E-state index in [9.17, 15) is 4.79 Å². The van der Waals surface area contributed by atoms with E-state index in [0.29, 0.717) is 13.1 Å². The number of aromatic nitrogens is 3. The first-order chi connectivity index (χ1) is 10.1. The maximum absolute atomic E-state index is 12.2. The summed E-state index contributed by atoms with van der Waals surface area (Å²) in [5.41, 5.74) is 6.73. The largest absolute Gasteiger partial charge is 0.379 e. The van der Waals surface area contributed by atoms with Crippen molar-refractivity contribution in [2.45, 2.75) is 13.5 Å². The number of amides is 1. The molecule has 1 aliphatic heterocycles. The lowest BCUT2D eigenvalue weighted by Gasteiger charge is -2.33. The second-order valence-electron chi connectivity index (χ2n) is 4.92. The maximum Gasteiger partial charge on any atom is 0.280 e. The number of nitrogens with two attached hydrogens (primary N) is 1. The average molecular weight is 308 g/mol. The molecule has 2 aromatic heterocycles. The Bertz CT molecular complexity index is 631. The molecule has 0 atom stereocenters. The van der Waals surface area contributed by atoms with Gasteiger partial charge in [-0.05, 0) is 17.2 Å². The van der Waals surface area contributed by atoms with Crippen LogP contribution >= 0.6 is 11.3 Å². The van der Waals surface area contributed by atoms with Gasteiger partial charge in [0.2, 0.25) is 11.5 Å². The summed E-state index contributed by atoms with van der Waals surface area (Å²) >= 11 is 1.66. The molecule has 2 N–H and O–H groups in total. The van der Waals surface area contributed by atoms with Gasteiger partial charge in [-0.3, -0.25) is 9.69 Å². The maximum atomic E-state index is 12.2. The average Bonchev–Trinajstić information content (AvgIpc) is 3.08. The number of nitrogens with zero attached hydrogens (tertiary/aromatic N) is 5. The van der Waals surface area contributed by atoms with Crippen LogP contribution in [0.1, 0.15) is 21.2 Å². The third-order valence-electron chi connectivity index (χ3n) is 3.43. The van der Waals surface area contributed by atoms with Crippen molar-refractivity contribution in [2.75, 3.05) is 31.9 Å². The number of carbonyl (C=O) groups is 1. The molecule has 2 aromatic rings. The van der Waals surface area contributed by atoms with Crippen LogP contribution in [0.25, 0.3) is 0 Å². The van der Waals surface area contributed by atoms with Crippen LogP contribution in [0.2, 0.25) is 0 Å². The molecule has 0 unspecified atom stereocenters. The van der Waals surface area contributed by atoms with Gasteiger partial charge in [0.05, 0.1) is 10.7 Å². The summed E-state index contributed by atoms with van der Waals surface area (Å²) in [5.74, 6) is -0.182. The number of nitrogen functional groups attached to an aromatic ring is 1. The molecule has 112 valence electrons. The van der Waals surface area contributed by atoms with Crippen molar-refractivity contribution >= 4 is 23.1 Å². The molecule has 0 spiro atoms. The van der Waals surface area contributed by atoms with Gasteiger partial charge >= 0.3 is 0 Å². The van der Waals surface area contributed by atoms with Crippen LogP contribution in [-0.2, 0) is 6.54 Å². The van der Waals surface area contributed by atoms with E-state index in [1.165, 1.54) is 0 Å². The summed E-state index contributed by atoms with van der Waals surface area (Å²) in [6, 6.07) is 0. The number of carbonyl (C=O) groups excluding carboxylic acids is 1. The van der Waals surface area contributed by atoms with Crippen molar-refractivity contribution in [2.24, 2.45) is 0 Å². The molecule has 21 heavy (non-hydrogen) atoms. The second kappa shape index (κ2) is 5.78. The molecule has 1 saturated heterocycles. The summed E-state index contributed by atoms with van der Waals surface area (Å²) in [7, 11) is 0. The van der Waals surface area contributed by atoms with Gasteiger partial charge in [-0.25, -0.2) is 9.61 Å². The Morgan fingerprint density at radius 2 is 2.14 bits per heavy atom. The summed E-state index contributed by atoms with van der Waals surface area (Å²) < 4.78 is 4.47. The van der Waals surface area contributed by atoms with Crippen molar-refractivity contribution in [1.29, 1.82) is 0 Å². The van der Waals surface area contributed by atoms with Crippen molar-refractivity contribution in [1.82, 2.24) is 25.1 Å². The molecular weight excluding hydrogens is 292 g/mol. The Balaban J connectivity index is 1.55. The van der Waals surface area contributed by atoms with E-state index in [4.69, 9.17) is 5.73 Å². The molecule has 8 nitrogen and oxygen atoms in total. The minimum Gasteiger partial charge on any atom is -0.379 e. The van der Waals surface area contributed by atoms with E-state index in [1.54, 1.807) is 16.2 Å². The third kappa shape index (κ3) is 3.03. The predicted molar refractivity (Wildman–Crippen MR) is 76.7 cm³/mol. The first-order valence-electron chi connectivity index (χ1n) is 6.64. The first kappa shape index (κ1) is 14.0. The first-order valence-corrected chi connectivity index (χ1v) is 7.52. The number of piperazine rings is 1. The van der Waals surface area contributed by atoms with Gasteiger partial charge in [-0.2, -0.15) is 0 Å². The molecule has 1 amide bonds. The van der Waals surface area contributed by atoms with E-state index in [2.05, 4.69) is 30.2 Å². The highest BCUT2D eigenvalue weighted by molar-refractivity contribution is 7.09. The Labute approximate surface area is 125 Å². The predicted octanol–water partition coefficient (Wildman–Crippen LogP) is 0.375. The van der Waals surface area contributed by atoms with Crippen LogP contribution in [0.4, 0.5) is 5.82 Å². The summed E-state index contributed by atoms with van der Waals surface area (Å²) in [5, 5.41) is 10.1. The zero-order valence-corrected chi connectivity index (χ0v) is 12.5. The number of hydrogen-bond acceptors (Lipinski definition) is 8. The second-order valence-corrected chi connectivity index (χ2v) is 5.99. The standard InChI is InChI=1S/C12H16N6O2S/c1-8-14-9(7-21-8)6-17-2-4-18(5-3-17)12(19)10-11(13)16-20-15-10/h7H,2-6H2,1H3,(H2,13,16). The molecule has 0 bridgehead atoms. The topological polar surface area (TPSA) is 101 Å². The fraction of sp³-hybridized carbons (Fsp3) is 0.500. The van der Waals surface area contributed by atoms with Crippen LogP contribution in [0.5, 0.6) is 0 Å². The van der Waals surface area contributed by atoms with Gasteiger partial charge in [-0.15, -0.1) is 11.3 Å². The highest BCUT2D eigenvalue weighted by Gasteiger charge is 2.26. The van der Waals surface area contributed by atoms with Gasteiger partial charge < -0.3 is 10.6 Å². The molecule has 1 aliphatic rings. The number of aryl methyl sites for hydroxylation is 1. The minimum absolute atomic E-state index is 0.0420. The zero-order chi connectivity index (χ0) is 14.8. The van der Waals surface area contributed by atoms with Crippen molar-refractivity contribution < 1.29 is 9.42 Å². The van der Waals surface area contributed by atoms with Crippen LogP contribution in [-0.4, -0.2) is 57.2 Å². The Hall–Kier alpha value is -2.00. The number of anilines is 1. The van der Waals surface area contributed by atoms with E-state index in [0.717, 1.165) is 30.3 Å². The molecule has 0 aliphatic carbocycles. The molecule has 0 radical (unpaired) electrons. The van der Waals surface area contributed by atoms with Gasteiger partial charge in [0, 0.05) is 38.1 Å². The summed E-state index contributed by atoms with van der Waals surface area (Å²) in [4.78, 5) is 20.7. The molecule has 3 heterocycles. The molecule has 1 fully saturated rings. The zero-order valence-electron chi connectivity index (χ0n) is 11.7. The van der Waals surface area contributed by atoms with Crippen molar-refractivity contribution in [3.8, 4) is 0 Å². The van der Waals surface area contributed by atoms with E-state index in [-0.39, 0.29) is 17.4 Å². The van der Waals surface area contributed by atoms with Crippen molar-refractivity contribution in [3.63, 3.8) is 0 Å². The van der Waals surface area contributed by atoms with Gasteiger partial charge in [0.25, 0.3) is 5.91 Å². The molecule has 0 saturated carbocycles. The Morgan fingerprint density at radius 1 is 1.38 bits per heavy atom. The normalized spacial score (nSPS) is 16.3. The van der Waals surface area contributed by atoms with Crippen LogP contribution in [0, 0.1) is 6.92 Å². The fourth-order valence-electron chi connectivity index (χ4n) is 2.31. The van der Waals surface area contributed by atoms with Crippen LogP contribution in [0.15, 0.2) is 10.0 Å². The summed E-state index contributed by atoms with van der Waals surface area (Å²) in [6.07, 6.45) is 0. The quantitative estimate of drug-likeness (QED) is 0.874. The van der Waals surface area contributed by atoms with Gasteiger partial charge in [0.1, 0.15) is 0 Å². The van der Waals surface area contributed by atoms with Crippen LogP contribution in [0.3, 0.4) is 0 Å². The lowest BCUT2D eigenvalue weighted by Crippen LogP contribution is -2.48. The van der Waals surface area contributed by atoms with E-state index < -0.39 is 0 Å². The minimum atomic E-state index is -0.224. The smallest absolute Gasteiger partial charge is 0.280 e. The van der Waals surface area contributed by atoms with Gasteiger partial charge in [0.15, 0.2) is 0 Å². The number of thiazole rings is 1. The lowest BCUT2D eigenvalue weighted by molar-refractivity contribution is 0.0617. The SMILES string of the molecule is Cc1nc(CN2CCN(C(=O)c3nonc3N)CC2)cs1. The van der Waals surface area contributed by atoms with E-state index >= 15 is 0 Å². The lowest BCUT2D eigenvalue weighted by atomic mass is 10.2. The molecule has 9 heteroatoms. The third-order valence-corrected chi connectivity index (χ3v) is 4.25. The Morgan fingerprint density at radius 3 is 2.71 bits per heavy atom. The highest BCUT2D eigenvalue weighted by Crippen LogP contribution is 2.14. The summed E-state index contributed by atoms with van der Waals surface area (Å²) in [6.45, 7) is 5.69. The monoisotopic (exact) mass is 308 g/mol. The van der Waals surface area contributed by atoms with E-state index in [1.807, 2.05) is 6.92 Å². The molecule has 0 aromatic carbocycles. The molecule has 3 rings (SSSR count). The molecular formula is C12H16N6O2S. The Kier molecular flexibility index (Phi) is 3.84. The number of rotatable bonds is 3. The number of hydrogen-bond donors (Lipinski definition) is 1. The van der Waals surface area contributed by atoms with Gasteiger partial charge in [-0.1, -0.05) is 0 Å². The fourth-order valence-corrected chi connectivity index (χ4v) is 2.92. The van der Waals surface area contributed by atoms with Crippen LogP contribution < -0.4 is 5.73 Å². The highest BCUT2D eigenvalue weighted by atomic mass is 32.1. The van der Waals surface area contributed by atoms with Crippen molar-refractivity contribution in [3.05, 3.63) is 21.8 Å².